The van der Waals surface area contributed by atoms with Crippen molar-refractivity contribution in [3.8, 4) is 0 Å². The number of unbranched alkanes of at least 4 members (excludes halogenated alkanes) is 11. The van der Waals surface area contributed by atoms with Crippen LogP contribution in [0.5, 0.6) is 0 Å². The molecule has 0 amide bonds. The molecule has 3 nitrogen and oxygen atoms in total. The first-order valence-corrected chi connectivity index (χ1v) is 11.8. The standard InChI is InChI=1S/C23H50N3/c1-5-6-7-8-9-10-11-12-13-14-15-16-21-26(4)22-19-24(2)17-18-25(3)20-23-26/h5-23H2,1-4H3/q+1. The number of quaternary nitrogens is 1. The van der Waals surface area contributed by atoms with E-state index in [4.69, 9.17) is 0 Å². The van der Waals surface area contributed by atoms with Crippen molar-refractivity contribution in [1.82, 2.24) is 9.80 Å². The maximum absolute atomic E-state index is 2.51. The second-order valence-corrected chi connectivity index (χ2v) is 9.29. The third kappa shape index (κ3) is 12.3. The second-order valence-electron chi connectivity index (χ2n) is 9.29. The minimum absolute atomic E-state index is 1.22. The van der Waals surface area contributed by atoms with Gasteiger partial charge in [-0.15, -0.1) is 0 Å². The number of nitrogens with zero attached hydrogens (tertiary/aromatic N) is 3. The summed E-state index contributed by atoms with van der Waals surface area (Å²) in [5.41, 5.74) is 0. The van der Waals surface area contributed by atoms with Gasteiger partial charge in [0.25, 0.3) is 0 Å². The van der Waals surface area contributed by atoms with E-state index in [-0.39, 0.29) is 0 Å². The van der Waals surface area contributed by atoms with Crippen molar-refractivity contribution in [3.05, 3.63) is 0 Å². The molecule has 1 rings (SSSR count). The Morgan fingerprint density at radius 1 is 0.577 bits per heavy atom. The number of hydrogen-bond donors (Lipinski definition) is 0. The molecule has 1 fully saturated rings. The van der Waals surface area contributed by atoms with Gasteiger partial charge in [-0.25, -0.2) is 0 Å². The van der Waals surface area contributed by atoms with E-state index < -0.39 is 0 Å². The summed E-state index contributed by atoms with van der Waals surface area (Å²) in [6, 6.07) is 0. The van der Waals surface area contributed by atoms with Gasteiger partial charge in [0.05, 0.1) is 26.7 Å². The van der Waals surface area contributed by atoms with Crippen LogP contribution in [-0.4, -0.2) is 81.2 Å². The third-order valence-corrected chi connectivity index (χ3v) is 6.46. The number of rotatable bonds is 13. The van der Waals surface area contributed by atoms with Crippen LogP contribution < -0.4 is 0 Å². The lowest BCUT2D eigenvalue weighted by Gasteiger charge is -2.35. The zero-order valence-electron chi connectivity index (χ0n) is 18.8. The summed E-state index contributed by atoms with van der Waals surface area (Å²) in [7, 11) is 7.06. The highest BCUT2D eigenvalue weighted by molar-refractivity contribution is 4.61. The predicted molar refractivity (Wildman–Crippen MR) is 117 cm³/mol. The van der Waals surface area contributed by atoms with Gasteiger partial charge in [0.1, 0.15) is 0 Å². The van der Waals surface area contributed by atoms with Gasteiger partial charge in [0.15, 0.2) is 0 Å². The van der Waals surface area contributed by atoms with Gasteiger partial charge < -0.3 is 4.48 Å². The van der Waals surface area contributed by atoms with Gasteiger partial charge in [0.2, 0.25) is 0 Å². The summed E-state index contributed by atoms with van der Waals surface area (Å²) in [6.07, 6.45) is 17.4. The molecule has 0 aromatic heterocycles. The van der Waals surface area contributed by atoms with Crippen LogP contribution in [0.4, 0.5) is 0 Å². The molecule has 0 atom stereocenters. The topological polar surface area (TPSA) is 6.48 Å². The lowest BCUT2D eigenvalue weighted by molar-refractivity contribution is -0.908. The van der Waals surface area contributed by atoms with Crippen LogP contribution in [0.25, 0.3) is 0 Å². The van der Waals surface area contributed by atoms with Crippen molar-refractivity contribution < 1.29 is 4.48 Å². The highest BCUT2D eigenvalue weighted by Gasteiger charge is 2.23. The van der Waals surface area contributed by atoms with Gasteiger partial charge >= 0.3 is 0 Å². The van der Waals surface area contributed by atoms with Crippen molar-refractivity contribution in [1.29, 1.82) is 0 Å². The van der Waals surface area contributed by atoms with Crippen molar-refractivity contribution in [3.63, 3.8) is 0 Å². The molecule has 0 radical (unpaired) electrons. The Labute approximate surface area is 165 Å². The van der Waals surface area contributed by atoms with E-state index in [1.54, 1.807) is 0 Å². The smallest absolute Gasteiger partial charge is 0.0914 e. The molecule has 3 heteroatoms. The molecule has 156 valence electrons. The average Bonchev–Trinajstić information content (AvgIpc) is 2.69. The molecule has 0 bridgehead atoms. The number of hydrogen-bond acceptors (Lipinski definition) is 2. The molecular weight excluding hydrogens is 318 g/mol. The average molecular weight is 369 g/mol. The van der Waals surface area contributed by atoms with Crippen molar-refractivity contribution in [2.75, 3.05) is 67.0 Å². The normalized spacial score (nSPS) is 19.8. The summed E-state index contributed by atoms with van der Waals surface area (Å²) in [4.78, 5) is 5.03. The first-order chi connectivity index (χ1) is 12.6. The van der Waals surface area contributed by atoms with Crippen LogP contribution in [0, 0.1) is 0 Å². The molecule has 0 saturated carbocycles. The summed E-state index contributed by atoms with van der Waals surface area (Å²) < 4.78 is 1.27. The summed E-state index contributed by atoms with van der Waals surface area (Å²) in [6.45, 7) is 11.3. The highest BCUT2D eigenvalue weighted by atomic mass is 15.4. The maximum atomic E-state index is 2.51. The Kier molecular flexibility index (Phi) is 13.7. The second kappa shape index (κ2) is 14.9. The monoisotopic (exact) mass is 368 g/mol. The minimum Gasteiger partial charge on any atom is -0.324 e. The highest BCUT2D eigenvalue weighted by Crippen LogP contribution is 2.14. The molecular formula is C23H50N3+. The van der Waals surface area contributed by atoms with Gasteiger partial charge in [-0.05, 0) is 26.9 Å². The maximum Gasteiger partial charge on any atom is 0.0914 e. The third-order valence-electron chi connectivity index (χ3n) is 6.46. The van der Waals surface area contributed by atoms with Crippen LogP contribution >= 0.6 is 0 Å². The zero-order chi connectivity index (χ0) is 19.1. The molecule has 0 N–H and O–H groups in total. The molecule has 0 spiro atoms. The molecule has 0 aliphatic carbocycles. The molecule has 0 aromatic carbocycles. The Morgan fingerprint density at radius 2 is 0.962 bits per heavy atom. The van der Waals surface area contributed by atoms with Gasteiger partial charge in [0, 0.05) is 26.2 Å². The van der Waals surface area contributed by atoms with Crippen LogP contribution in [0.15, 0.2) is 0 Å². The van der Waals surface area contributed by atoms with Crippen LogP contribution in [0.2, 0.25) is 0 Å². The van der Waals surface area contributed by atoms with Crippen LogP contribution in [0.3, 0.4) is 0 Å². The SMILES string of the molecule is CCCCCCCCCCCCCC[N+]1(C)CCN(C)CCN(C)CC1. The Morgan fingerprint density at radius 3 is 1.38 bits per heavy atom. The van der Waals surface area contributed by atoms with E-state index >= 15 is 0 Å². The molecule has 0 unspecified atom stereocenters. The lowest BCUT2D eigenvalue weighted by atomic mass is 10.1. The van der Waals surface area contributed by atoms with E-state index in [2.05, 4.69) is 37.9 Å². The van der Waals surface area contributed by atoms with Crippen LogP contribution in [-0.2, 0) is 0 Å². The molecule has 0 aromatic rings. The van der Waals surface area contributed by atoms with E-state index in [0.29, 0.717) is 0 Å². The van der Waals surface area contributed by atoms with E-state index in [1.807, 2.05) is 0 Å². The summed E-state index contributed by atoms with van der Waals surface area (Å²) in [5.74, 6) is 0. The minimum atomic E-state index is 1.22. The summed E-state index contributed by atoms with van der Waals surface area (Å²) >= 11 is 0. The van der Waals surface area contributed by atoms with E-state index in [9.17, 15) is 0 Å². The van der Waals surface area contributed by atoms with Crippen molar-refractivity contribution in [2.24, 2.45) is 0 Å². The van der Waals surface area contributed by atoms with Gasteiger partial charge in [-0.1, -0.05) is 71.1 Å². The molecule has 1 saturated heterocycles. The van der Waals surface area contributed by atoms with Gasteiger partial charge in [-0.3, -0.25) is 9.80 Å². The largest absolute Gasteiger partial charge is 0.324 e. The fraction of sp³-hybridized carbons (Fsp3) is 1.00. The molecule has 1 aliphatic heterocycles. The first kappa shape index (κ1) is 23.9. The molecule has 26 heavy (non-hydrogen) atoms. The molecule has 1 heterocycles. The lowest BCUT2D eigenvalue weighted by Crippen LogP contribution is -2.50. The van der Waals surface area contributed by atoms with Crippen LogP contribution in [0.1, 0.15) is 84.0 Å². The summed E-state index contributed by atoms with van der Waals surface area (Å²) in [5, 5.41) is 0. The number of likely N-dealkylation sites (N-methyl/N-ethyl adjacent to an activating group) is 3. The first-order valence-electron chi connectivity index (χ1n) is 11.8. The Hall–Kier alpha value is -0.120. The Balaban J connectivity index is 2.03. The quantitative estimate of drug-likeness (QED) is 0.333. The van der Waals surface area contributed by atoms with Gasteiger partial charge in [-0.2, -0.15) is 0 Å². The zero-order valence-corrected chi connectivity index (χ0v) is 18.8. The Bertz CT molecular complexity index is 305. The predicted octanol–water partition coefficient (Wildman–Crippen LogP) is 5.01. The van der Waals surface area contributed by atoms with E-state index in [1.165, 1.54) is 127 Å². The molecule has 1 aliphatic rings. The van der Waals surface area contributed by atoms with Crippen molar-refractivity contribution >= 4 is 0 Å². The van der Waals surface area contributed by atoms with E-state index in [0.717, 1.165) is 0 Å². The van der Waals surface area contributed by atoms with Crippen molar-refractivity contribution in [2.45, 2.75) is 84.0 Å². The fourth-order valence-electron chi connectivity index (χ4n) is 4.06. The fourth-order valence-corrected chi connectivity index (χ4v) is 4.06.